The molecular formula is C13H12BrNO2S. The molecule has 0 saturated heterocycles. The molecule has 0 bridgehead atoms. The quantitative estimate of drug-likeness (QED) is 0.907. The highest BCUT2D eigenvalue weighted by Gasteiger charge is 2.06. The molecule has 0 aliphatic heterocycles. The van der Waals surface area contributed by atoms with Gasteiger partial charge in [0, 0.05) is 20.4 Å². The third-order valence-electron chi connectivity index (χ3n) is 2.38. The molecule has 2 rings (SSSR count). The molecule has 5 heteroatoms. The molecule has 3 nitrogen and oxygen atoms in total. The Balaban J connectivity index is 1.94. The van der Waals surface area contributed by atoms with E-state index < -0.39 is 0 Å². The summed E-state index contributed by atoms with van der Waals surface area (Å²) in [7, 11) is 0. The van der Waals surface area contributed by atoms with Crippen molar-refractivity contribution in [3.8, 4) is 0 Å². The van der Waals surface area contributed by atoms with Crippen molar-refractivity contribution in [2.75, 3.05) is 5.32 Å². The molecule has 0 aliphatic rings. The molecule has 1 amide bonds. The van der Waals surface area contributed by atoms with E-state index in [1.165, 1.54) is 0 Å². The minimum atomic E-state index is -0.0406. The van der Waals surface area contributed by atoms with Gasteiger partial charge in [0.15, 0.2) is 0 Å². The number of benzene rings is 1. The summed E-state index contributed by atoms with van der Waals surface area (Å²) in [6.07, 6.45) is 0.373. The van der Waals surface area contributed by atoms with Crippen LogP contribution in [-0.4, -0.2) is 11.0 Å². The first-order valence-corrected chi connectivity index (χ1v) is 7.07. The second-order valence-electron chi connectivity index (χ2n) is 3.81. The van der Waals surface area contributed by atoms with Crippen molar-refractivity contribution in [3.63, 3.8) is 0 Å². The summed E-state index contributed by atoms with van der Waals surface area (Å²) in [6, 6.07) is 9.09. The molecule has 0 aliphatic carbocycles. The van der Waals surface area contributed by atoms with Crippen molar-refractivity contribution < 1.29 is 9.90 Å². The van der Waals surface area contributed by atoms with E-state index in [-0.39, 0.29) is 12.5 Å². The molecule has 0 saturated carbocycles. The van der Waals surface area contributed by atoms with Gasteiger partial charge in [-0.2, -0.15) is 0 Å². The lowest BCUT2D eigenvalue weighted by atomic mass is 10.2. The van der Waals surface area contributed by atoms with Gasteiger partial charge in [-0.3, -0.25) is 4.79 Å². The van der Waals surface area contributed by atoms with Crippen molar-refractivity contribution in [1.29, 1.82) is 0 Å². The van der Waals surface area contributed by atoms with Crippen LogP contribution in [0.5, 0.6) is 0 Å². The number of halogens is 1. The first-order valence-electron chi connectivity index (χ1n) is 5.40. The molecule has 2 N–H and O–H groups in total. The molecule has 18 heavy (non-hydrogen) atoms. The number of nitrogens with one attached hydrogen (secondary N) is 1. The van der Waals surface area contributed by atoms with Gasteiger partial charge in [-0.1, -0.05) is 12.1 Å². The smallest absolute Gasteiger partial charge is 0.229 e. The number of thiophene rings is 1. The SMILES string of the molecule is O=C(Cc1cc(Br)cs1)Nc1ccc(CO)cc1. The fourth-order valence-electron chi connectivity index (χ4n) is 1.50. The zero-order valence-electron chi connectivity index (χ0n) is 9.52. The van der Waals surface area contributed by atoms with Gasteiger partial charge in [0.05, 0.1) is 13.0 Å². The molecule has 0 unspecified atom stereocenters. The number of rotatable bonds is 4. The second-order valence-corrected chi connectivity index (χ2v) is 5.72. The maximum absolute atomic E-state index is 11.8. The Kier molecular flexibility index (Phi) is 4.52. The summed E-state index contributed by atoms with van der Waals surface area (Å²) in [6.45, 7) is 0.0114. The molecule has 0 spiro atoms. The molecule has 1 heterocycles. The number of carbonyl (C=O) groups is 1. The average Bonchev–Trinajstić information content (AvgIpc) is 2.75. The molecular weight excluding hydrogens is 314 g/mol. The van der Waals surface area contributed by atoms with Gasteiger partial charge in [-0.05, 0) is 39.7 Å². The van der Waals surface area contributed by atoms with Crippen LogP contribution in [0.1, 0.15) is 10.4 Å². The zero-order valence-corrected chi connectivity index (χ0v) is 11.9. The van der Waals surface area contributed by atoms with Crippen LogP contribution in [0.25, 0.3) is 0 Å². The van der Waals surface area contributed by atoms with Crippen molar-refractivity contribution in [2.45, 2.75) is 13.0 Å². The monoisotopic (exact) mass is 325 g/mol. The maximum Gasteiger partial charge on any atom is 0.229 e. The number of aliphatic hydroxyl groups excluding tert-OH is 1. The highest BCUT2D eigenvalue weighted by molar-refractivity contribution is 9.10. The Hall–Kier alpha value is -1.17. The average molecular weight is 326 g/mol. The maximum atomic E-state index is 11.8. The first-order chi connectivity index (χ1) is 8.67. The minimum Gasteiger partial charge on any atom is -0.392 e. The van der Waals surface area contributed by atoms with Gasteiger partial charge in [0.2, 0.25) is 5.91 Å². The summed E-state index contributed by atoms with van der Waals surface area (Å²) >= 11 is 4.91. The van der Waals surface area contributed by atoms with E-state index in [4.69, 9.17) is 5.11 Å². The molecule has 0 radical (unpaired) electrons. The van der Waals surface area contributed by atoms with Crippen molar-refractivity contribution in [2.24, 2.45) is 0 Å². The van der Waals surface area contributed by atoms with Gasteiger partial charge in [-0.25, -0.2) is 0 Å². The van der Waals surface area contributed by atoms with Crippen LogP contribution in [0, 0.1) is 0 Å². The lowest BCUT2D eigenvalue weighted by Crippen LogP contribution is -2.13. The van der Waals surface area contributed by atoms with Crippen LogP contribution in [0.2, 0.25) is 0 Å². The highest BCUT2D eigenvalue weighted by atomic mass is 79.9. The van der Waals surface area contributed by atoms with E-state index in [9.17, 15) is 4.79 Å². The van der Waals surface area contributed by atoms with Crippen LogP contribution in [0.4, 0.5) is 5.69 Å². The molecule has 0 fully saturated rings. The summed E-state index contributed by atoms with van der Waals surface area (Å²) in [5, 5.41) is 13.7. The van der Waals surface area contributed by atoms with Crippen molar-refractivity contribution in [3.05, 3.63) is 50.6 Å². The molecule has 94 valence electrons. The van der Waals surface area contributed by atoms with E-state index in [1.54, 1.807) is 35.6 Å². The minimum absolute atomic E-state index is 0.0114. The molecule has 0 atom stereocenters. The number of hydrogen-bond acceptors (Lipinski definition) is 3. The van der Waals surface area contributed by atoms with E-state index in [0.717, 1.165) is 20.6 Å². The van der Waals surface area contributed by atoms with Gasteiger partial charge in [0.1, 0.15) is 0 Å². The summed E-state index contributed by atoms with van der Waals surface area (Å²) < 4.78 is 1.00. The number of aliphatic hydroxyl groups is 1. The van der Waals surface area contributed by atoms with Crippen molar-refractivity contribution >= 4 is 38.9 Å². The number of carbonyl (C=O) groups excluding carboxylic acids is 1. The van der Waals surface area contributed by atoms with E-state index in [0.29, 0.717) is 6.42 Å². The predicted molar refractivity (Wildman–Crippen MR) is 76.7 cm³/mol. The number of anilines is 1. The lowest BCUT2D eigenvalue weighted by Gasteiger charge is -2.04. The normalized spacial score (nSPS) is 10.3. The summed E-state index contributed by atoms with van der Waals surface area (Å²) in [5.74, 6) is -0.0406. The Morgan fingerprint density at radius 2 is 2.06 bits per heavy atom. The van der Waals surface area contributed by atoms with Crippen LogP contribution < -0.4 is 5.32 Å². The third kappa shape index (κ3) is 3.66. The highest BCUT2D eigenvalue weighted by Crippen LogP contribution is 2.20. The van der Waals surface area contributed by atoms with Crippen LogP contribution in [0.15, 0.2) is 40.2 Å². The second kappa shape index (κ2) is 6.13. The third-order valence-corrected chi connectivity index (χ3v) is 4.07. The Morgan fingerprint density at radius 3 is 2.61 bits per heavy atom. The molecule has 1 aromatic heterocycles. The zero-order chi connectivity index (χ0) is 13.0. The van der Waals surface area contributed by atoms with Gasteiger partial charge in [0.25, 0.3) is 0 Å². The van der Waals surface area contributed by atoms with E-state index in [1.807, 2.05) is 11.4 Å². The van der Waals surface area contributed by atoms with Crippen LogP contribution in [-0.2, 0) is 17.8 Å². The van der Waals surface area contributed by atoms with E-state index >= 15 is 0 Å². The largest absolute Gasteiger partial charge is 0.392 e. The van der Waals surface area contributed by atoms with Crippen LogP contribution in [0.3, 0.4) is 0 Å². The lowest BCUT2D eigenvalue weighted by molar-refractivity contribution is -0.115. The van der Waals surface area contributed by atoms with Crippen LogP contribution >= 0.6 is 27.3 Å². The fraction of sp³-hybridized carbons (Fsp3) is 0.154. The molecule has 2 aromatic rings. The molecule has 1 aromatic carbocycles. The fourth-order valence-corrected chi connectivity index (χ4v) is 2.95. The Bertz CT molecular complexity index is 536. The topological polar surface area (TPSA) is 49.3 Å². The first kappa shape index (κ1) is 13.3. The standard InChI is InChI=1S/C13H12BrNO2S/c14-10-5-12(18-8-10)6-13(17)15-11-3-1-9(7-16)2-4-11/h1-5,8,16H,6-7H2,(H,15,17). The predicted octanol–water partition coefficient (Wildman–Crippen LogP) is 3.18. The van der Waals surface area contributed by atoms with Gasteiger partial charge in [-0.15, -0.1) is 11.3 Å². The van der Waals surface area contributed by atoms with Crippen molar-refractivity contribution in [1.82, 2.24) is 0 Å². The Labute approximate surface area is 118 Å². The summed E-state index contributed by atoms with van der Waals surface area (Å²) in [5.41, 5.74) is 1.57. The van der Waals surface area contributed by atoms with Gasteiger partial charge >= 0.3 is 0 Å². The number of hydrogen-bond donors (Lipinski definition) is 2. The number of amides is 1. The Morgan fingerprint density at radius 1 is 1.33 bits per heavy atom. The summed E-state index contributed by atoms with van der Waals surface area (Å²) in [4.78, 5) is 12.8. The van der Waals surface area contributed by atoms with E-state index in [2.05, 4.69) is 21.2 Å². The van der Waals surface area contributed by atoms with Gasteiger partial charge < -0.3 is 10.4 Å².